The molecule has 1 aliphatic heterocycles. The molecular formula is C14H20BrFN2O. The van der Waals surface area contributed by atoms with Crippen molar-refractivity contribution >= 4 is 15.9 Å². The van der Waals surface area contributed by atoms with E-state index in [0.717, 1.165) is 36.2 Å². The second-order valence-corrected chi connectivity index (χ2v) is 5.80. The smallest absolute Gasteiger partial charge is 0.123 e. The summed E-state index contributed by atoms with van der Waals surface area (Å²) in [6, 6.07) is 4.78. The molecule has 0 spiro atoms. The van der Waals surface area contributed by atoms with E-state index in [1.807, 2.05) is 0 Å². The molecule has 1 aromatic carbocycles. The third-order valence-corrected chi connectivity index (χ3v) is 4.19. The van der Waals surface area contributed by atoms with Crippen LogP contribution >= 0.6 is 15.9 Å². The van der Waals surface area contributed by atoms with Gasteiger partial charge in [-0.05, 0) is 37.1 Å². The Kier molecular flexibility index (Phi) is 5.33. The van der Waals surface area contributed by atoms with Crippen LogP contribution in [0.15, 0.2) is 22.7 Å². The van der Waals surface area contributed by atoms with E-state index in [1.54, 1.807) is 12.1 Å². The van der Waals surface area contributed by atoms with E-state index < -0.39 is 0 Å². The van der Waals surface area contributed by atoms with Crippen molar-refractivity contribution in [1.82, 2.24) is 4.90 Å². The average molecular weight is 331 g/mol. The van der Waals surface area contributed by atoms with Gasteiger partial charge in [-0.3, -0.25) is 4.90 Å². The molecule has 0 amide bonds. The first-order valence-corrected chi connectivity index (χ1v) is 7.41. The van der Waals surface area contributed by atoms with E-state index in [4.69, 9.17) is 10.5 Å². The van der Waals surface area contributed by atoms with Gasteiger partial charge in [0.1, 0.15) is 5.82 Å². The van der Waals surface area contributed by atoms with Crippen LogP contribution in [0.1, 0.15) is 24.9 Å². The van der Waals surface area contributed by atoms with Gasteiger partial charge >= 0.3 is 0 Å². The molecule has 2 rings (SSSR count). The second-order valence-electron chi connectivity index (χ2n) is 4.95. The van der Waals surface area contributed by atoms with Crippen LogP contribution in [0.5, 0.6) is 0 Å². The number of nitrogens with zero attached hydrogens (tertiary/aromatic N) is 1. The highest BCUT2D eigenvalue weighted by Gasteiger charge is 2.25. The van der Waals surface area contributed by atoms with Gasteiger partial charge in [-0.25, -0.2) is 4.39 Å². The van der Waals surface area contributed by atoms with Crippen LogP contribution in [-0.4, -0.2) is 37.2 Å². The molecule has 19 heavy (non-hydrogen) atoms. The fraction of sp³-hybridized carbons (Fsp3) is 0.571. The van der Waals surface area contributed by atoms with Gasteiger partial charge in [0.15, 0.2) is 0 Å². The molecule has 1 aliphatic rings. The van der Waals surface area contributed by atoms with Gasteiger partial charge in [0.2, 0.25) is 0 Å². The van der Waals surface area contributed by atoms with Gasteiger partial charge in [-0.15, -0.1) is 0 Å². The molecule has 106 valence electrons. The molecule has 5 heteroatoms. The molecule has 2 unspecified atom stereocenters. The largest absolute Gasteiger partial charge is 0.377 e. The quantitative estimate of drug-likeness (QED) is 0.926. The van der Waals surface area contributed by atoms with Gasteiger partial charge in [-0.2, -0.15) is 0 Å². The molecule has 2 N–H and O–H groups in total. The van der Waals surface area contributed by atoms with Gasteiger partial charge in [0, 0.05) is 36.8 Å². The normalized spacial score (nSPS) is 23.1. The van der Waals surface area contributed by atoms with Crippen LogP contribution in [0.2, 0.25) is 0 Å². The lowest BCUT2D eigenvalue weighted by Crippen LogP contribution is -2.38. The zero-order valence-electron chi connectivity index (χ0n) is 11.1. The summed E-state index contributed by atoms with van der Waals surface area (Å²) in [6.45, 7) is 5.06. The predicted octanol–water partition coefficient (Wildman–Crippen LogP) is 2.70. The minimum atomic E-state index is -0.226. The van der Waals surface area contributed by atoms with E-state index >= 15 is 0 Å². The summed E-state index contributed by atoms with van der Waals surface area (Å²) in [5, 5.41) is 0. The maximum absolute atomic E-state index is 13.5. The summed E-state index contributed by atoms with van der Waals surface area (Å²) in [6.07, 6.45) is 1.16. The van der Waals surface area contributed by atoms with Crippen molar-refractivity contribution in [1.29, 1.82) is 0 Å². The molecule has 0 aromatic heterocycles. The molecule has 1 fully saturated rings. The minimum absolute atomic E-state index is 0.0224. The van der Waals surface area contributed by atoms with Crippen molar-refractivity contribution in [2.24, 2.45) is 5.73 Å². The second kappa shape index (κ2) is 6.79. The maximum atomic E-state index is 13.5. The Labute approximate surface area is 122 Å². The van der Waals surface area contributed by atoms with Crippen LogP contribution in [0, 0.1) is 5.82 Å². The fourth-order valence-corrected chi connectivity index (χ4v) is 3.06. The number of benzene rings is 1. The summed E-state index contributed by atoms with van der Waals surface area (Å²) < 4.78 is 20.0. The molecule has 2 atom stereocenters. The molecule has 0 saturated carbocycles. The summed E-state index contributed by atoms with van der Waals surface area (Å²) in [7, 11) is 0. The highest BCUT2D eigenvalue weighted by atomic mass is 79.9. The van der Waals surface area contributed by atoms with Crippen molar-refractivity contribution < 1.29 is 9.13 Å². The Morgan fingerprint density at radius 3 is 3.11 bits per heavy atom. The van der Waals surface area contributed by atoms with Gasteiger partial charge < -0.3 is 10.5 Å². The standard InChI is InChI=1S/C14H20BrFN2O/c1-10-9-18(5-2-6-19-10)14(8-17)12-7-11(16)3-4-13(12)15/h3-4,7,10,14H,2,5-6,8-9,17H2,1H3. The summed E-state index contributed by atoms with van der Waals surface area (Å²) in [5.41, 5.74) is 6.84. The fourth-order valence-electron chi connectivity index (χ4n) is 2.55. The monoisotopic (exact) mass is 330 g/mol. The van der Waals surface area contributed by atoms with E-state index in [0.29, 0.717) is 6.54 Å². The van der Waals surface area contributed by atoms with E-state index in [1.165, 1.54) is 6.07 Å². The zero-order chi connectivity index (χ0) is 13.8. The molecule has 3 nitrogen and oxygen atoms in total. The van der Waals surface area contributed by atoms with Crippen LogP contribution < -0.4 is 5.73 Å². The number of ether oxygens (including phenoxy) is 1. The maximum Gasteiger partial charge on any atom is 0.123 e. The lowest BCUT2D eigenvalue weighted by atomic mass is 10.0. The van der Waals surface area contributed by atoms with Crippen molar-refractivity contribution in [3.05, 3.63) is 34.1 Å². The molecule has 0 aliphatic carbocycles. The van der Waals surface area contributed by atoms with Gasteiger partial charge in [-0.1, -0.05) is 15.9 Å². The Morgan fingerprint density at radius 2 is 2.37 bits per heavy atom. The van der Waals surface area contributed by atoms with Crippen LogP contribution in [0.25, 0.3) is 0 Å². The lowest BCUT2D eigenvalue weighted by Gasteiger charge is -2.31. The highest BCUT2D eigenvalue weighted by molar-refractivity contribution is 9.10. The zero-order valence-corrected chi connectivity index (χ0v) is 12.7. The lowest BCUT2D eigenvalue weighted by molar-refractivity contribution is 0.0611. The van der Waals surface area contributed by atoms with Crippen LogP contribution in [0.3, 0.4) is 0 Å². The van der Waals surface area contributed by atoms with Gasteiger partial charge in [0.05, 0.1) is 6.10 Å². The first-order chi connectivity index (χ1) is 9.11. The summed E-state index contributed by atoms with van der Waals surface area (Å²) in [4.78, 5) is 2.29. The topological polar surface area (TPSA) is 38.5 Å². The summed E-state index contributed by atoms with van der Waals surface area (Å²) in [5.74, 6) is -0.226. The van der Waals surface area contributed by atoms with Crippen molar-refractivity contribution in [3.63, 3.8) is 0 Å². The summed E-state index contributed by atoms with van der Waals surface area (Å²) >= 11 is 3.49. The molecule has 0 bridgehead atoms. The number of nitrogens with two attached hydrogens (primary N) is 1. The number of hydrogen-bond donors (Lipinski definition) is 1. The molecule has 1 saturated heterocycles. The Morgan fingerprint density at radius 1 is 1.58 bits per heavy atom. The average Bonchev–Trinajstić information content (AvgIpc) is 2.59. The molecule has 1 aromatic rings. The molecule has 1 heterocycles. The van der Waals surface area contributed by atoms with Crippen LogP contribution in [0.4, 0.5) is 4.39 Å². The van der Waals surface area contributed by atoms with Crippen molar-refractivity contribution in [2.45, 2.75) is 25.5 Å². The third kappa shape index (κ3) is 3.75. The predicted molar refractivity (Wildman–Crippen MR) is 77.5 cm³/mol. The van der Waals surface area contributed by atoms with E-state index in [2.05, 4.69) is 27.8 Å². The molecular weight excluding hydrogens is 311 g/mol. The van der Waals surface area contributed by atoms with Crippen molar-refractivity contribution in [3.8, 4) is 0 Å². The number of halogens is 2. The van der Waals surface area contributed by atoms with E-state index in [9.17, 15) is 4.39 Å². The number of rotatable bonds is 3. The van der Waals surface area contributed by atoms with Crippen LogP contribution in [-0.2, 0) is 4.74 Å². The van der Waals surface area contributed by atoms with Gasteiger partial charge in [0.25, 0.3) is 0 Å². The van der Waals surface area contributed by atoms with Crippen molar-refractivity contribution in [2.75, 3.05) is 26.2 Å². The third-order valence-electron chi connectivity index (χ3n) is 3.46. The Bertz CT molecular complexity index is 430. The first-order valence-electron chi connectivity index (χ1n) is 6.62. The highest BCUT2D eigenvalue weighted by Crippen LogP contribution is 2.29. The minimum Gasteiger partial charge on any atom is -0.377 e. The SMILES string of the molecule is CC1CN(C(CN)c2cc(F)ccc2Br)CCCO1. The van der Waals surface area contributed by atoms with E-state index in [-0.39, 0.29) is 18.0 Å². The first kappa shape index (κ1) is 14.9. The molecule has 0 radical (unpaired) electrons. The number of hydrogen-bond acceptors (Lipinski definition) is 3. The Balaban J connectivity index is 2.25. The Hall–Kier alpha value is -0.490.